The Morgan fingerprint density at radius 1 is 0.644 bits per heavy atom. The van der Waals surface area contributed by atoms with Gasteiger partial charge in [0.15, 0.2) is 0 Å². The lowest BCUT2D eigenvalue weighted by atomic mass is 10.2. The van der Waals surface area contributed by atoms with Crippen LogP contribution in [0.15, 0.2) is 46.6 Å². The molecule has 0 radical (unpaired) electrons. The van der Waals surface area contributed by atoms with E-state index in [1.165, 1.54) is 12.4 Å². The minimum atomic E-state index is -5.13. The average molecular weight is 681 g/mol. The second-order valence-electron chi connectivity index (χ2n) is 10.3. The molecule has 0 spiro atoms. The molecule has 4 heterocycles. The normalized spacial score (nSPS) is 17.7. The summed E-state index contributed by atoms with van der Waals surface area (Å²) in [7, 11) is 0. The maximum Gasteiger partial charge on any atom is 0.473 e. The van der Waals surface area contributed by atoms with Crippen molar-refractivity contribution in [1.82, 2.24) is 29.6 Å². The van der Waals surface area contributed by atoms with Gasteiger partial charge in [0.05, 0.1) is 0 Å². The molecule has 2 aliphatic heterocycles. The molecule has 4 rings (SSSR count). The molecule has 0 saturated carbocycles. The molecule has 244 valence electrons. The second-order valence-corrected chi connectivity index (χ2v) is 11.1. The number of aromatic nitrogens is 2. The van der Waals surface area contributed by atoms with Crippen LogP contribution in [0.4, 0.5) is 26.3 Å². The summed E-state index contributed by atoms with van der Waals surface area (Å²) in [6, 6.07) is 6.44. The van der Waals surface area contributed by atoms with E-state index >= 15 is 0 Å². The average Bonchev–Trinajstić information content (AvgIpc) is 3.52. The molecule has 2 amide bonds. The lowest BCUT2D eigenvalue weighted by Gasteiger charge is -2.24. The van der Waals surface area contributed by atoms with Gasteiger partial charge in [-0.1, -0.05) is 35.3 Å². The van der Waals surface area contributed by atoms with E-state index in [9.17, 15) is 35.9 Å². The number of guanidine groups is 2. The maximum atomic E-state index is 13.0. The number of carbonyl (C=O) groups excluding carboxylic acids is 2. The third kappa shape index (κ3) is 9.66. The Labute approximate surface area is 264 Å². The Kier molecular flexibility index (Phi) is 11.1. The summed E-state index contributed by atoms with van der Waals surface area (Å²) in [6.45, 7) is 2.25. The maximum absolute atomic E-state index is 13.0. The highest BCUT2D eigenvalue weighted by Gasteiger charge is 2.42. The number of unbranched alkanes of at least 4 members (excludes halogenated alkanes) is 2. The number of hydrogen-bond donors (Lipinski definition) is 0. The van der Waals surface area contributed by atoms with Crippen molar-refractivity contribution in [3.05, 3.63) is 58.1 Å². The number of amides is 2. The molecule has 2 aliphatic rings. The number of alkyl halides is 6. The van der Waals surface area contributed by atoms with Gasteiger partial charge in [0, 0.05) is 64.8 Å². The van der Waals surface area contributed by atoms with Crippen molar-refractivity contribution >= 4 is 46.9 Å². The van der Waals surface area contributed by atoms with Gasteiger partial charge < -0.3 is 19.6 Å². The van der Waals surface area contributed by atoms with Crippen LogP contribution in [-0.4, -0.2) is 105 Å². The van der Waals surface area contributed by atoms with Crippen molar-refractivity contribution in [3.8, 4) is 0 Å². The molecule has 0 aromatic carbocycles. The Hall–Kier alpha value is -3.66. The topological polar surface area (TPSA) is 97.6 Å². The SMILES string of the molecule is O=C(N=C1N(CCCCCN2CCN(Cc3ccc(Cl)nc3)C2=NC(=O)C(F)(F)F)CCN1Cc1ccc(Cl)nc1)C(F)(F)F. The summed E-state index contributed by atoms with van der Waals surface area (Å²) in [5.41, 5.74) is 1.34. The summed E-state index contributed by atoms with van der Waals surface area (Å²) < 4.78 is 78.3. The largest absolute Gasteiger partial charge is 0.473 e. The fraction of sp³-hybridized carbons (Fsp3) is 0.481. The molecule has 2 fully saturated rings. The van der Waals surface area contributed by atoms with Crippen LogP contribution < -0.4 is 0 Å². The fourth-order valence-electron chi connectivity index (χ4n) is 4.82. The zero-order valence-corrected chi connectivity index (χ0v) is 25.2. The fourth-order valence-corrected chi connectivity index (χ4v) is 5.04. The van der Waals surface area contributed by atoms with Crippen molar-refractivity contribution in [3.63, 3.8) is 0 Å². The number of carbonyl (C=O) groups is 2. The van der Waals surface area contributed by atoms with Crippen LogP contribution in [0.25, 0.3) is 0 Å². The molecule has 0 N–H and O–H groups in total. The third-order valence-electron chi connectivity index (χ3n) is 6.98. The van der Waals surface area contributed by atoms with E-state index in [-0.39, 0.29) is 35.3 Å². The number of rotatable bonds is 10. The molecule has 18 heteroatoms. The predicted octanol–water partition coefficient (Wildman–Crippen LogP) is 4.78. The van der Waals surface area contributed by atoms with Gasteiger partial charge in [0.2, 0.25) is 11.9 Å². The molecular formula is C27H28Cl2F6N8O2. The molecule has 45 heavy (non-hydrogen) atoms. The van der Waals surface area contributed by atoms with E-state index in [4.69, 9.17) is 23.2 Å². The molecule has 2 aromatic rings. The summed E-state index contributed by atoms with van der Waals surface area (Å²) >= 11 is 11.6. The van der Waals surface area contributed by atoms with E-state index in [2.05, 4.69) is 20.0 Å². The Morgan fingerprint density at radius 2 is 1.02 bits per heavy atom. The van der Waals surface area contributed by atoms with Crippen molar-refractivity contribution < 1.29 is 35.9 Å². The number of aliphatic imine (C=N–C) groups is 2. The van der Waals surface area contributed by atoms with Crippen LogP contribution in [0.3, 0.4) is 0 Å². The van der Waals surface area contributed by atoms with Crippen LogP contribution in [0, 0.1) is 0 Å². The van der Waals surface area contributed by atoms with Crippen molar-refractivity contribution in [2.24, 2.45) is 9.98 Å². The van der Waals surface area contributed by atoms with Gasteiger partial charge in [-0.25, -0.2) is 9.97 Å². The summed E-state index contributed by atoms with van der Waals surface area (Å²) in [5.74, 6) is -4.62. The number of hydrogen-bond acceptors (Lipinski definition) is 4. The van der Waals surface area contributed by atoms with Gasteiger partial charge in [-0.3, -0.25) is 9.59 Å². The second kappa shape index (κ2) is 14.6. The molecule has 0 bridgehead atoms. The van der Waals surface area contributed by atoms with Gasteiger partial charge in [-0.15, -0.1) is 0 Å². The standard InChI is InChI=1S/C27H28Cl2F6N8O2/c28-20-6-4-18(14-36-20)16-42-12-10-40(24(42)38-22(44)26(30,31)32)8-2-1-3-9-41-11-13-43(17-19-5-7-21(29)37-15-19)25(41)39-23(45)27(33,34)35/h4-7,14-15H,1-3,8-13,16-17H2. The molecule has 2 aromatic heterocycles. The number of halogens is 8. The Morgan fingerprint density at radius 3 is 1.36 bits per heavy atom. The molecule has 2 saturated heterocycles. The molecule has 0 atom stereocenters. The third-order valence-corrected chi connectivity index (χ3v) is 7.43. The first-order chi connectivity index (χ1) is 21.2. The van der Waals surface area contributed by atoms with E-state index in [1.54, 1.807) is 43.9 Å². The minimum Gasteiger partial charge on any atom is -0.341 e. The monoisotopic (exact) mass is 680 g/mol. The number of nitrogens with zero attached hydrogens (tertiary/aromatic N) is 8. The van der Waals surface area contributed by atoms with E-state index in [0.717, 1.165) is 0 Å². The minimum absolute atomic E-state index is 0.0979. The van der Waals surface area contributed by atoms with Gasteiger partial charge in [-0.2, -0.15) is 36.3 Å². The van der Waals surface area contributed by atoms with Crippen LogP contribution in [-0.2, 0) is 22.7 Å². The lowest BCUT2D eigenvalue weighted by molar-refractivity contribution is -0.169. The van der Waals surface area contributed by atoms with Gasteiger partial charge in [-0.05, 0) is 42.5 Å². The van der Waals surface area contributed by atoms with E-state index in [0.29, 0.717) is 69.7 Å². The van der Waals surface area contributed by atoms with Crippen LogP contribution in [0.5, 0.6) is 0 Å². The first-order valence-corrected chi connectivity index (χ1v) is 14.6. The van der Waals surface area contributed by atoms with Crippen LogP contribution in [0.1, 0.15) is 30.4 Å². The molecule has 0 aliphatic carbocycles. The zero-order valence-electron chi connectivity index (χ0n) is 23.7. The van der Waals surface area contributed by atoms with Gasteiger partial charge in [0.1, 0.15) is 10.3 Å². The van der Waals surface area contributed by atoms with Crippen LogP contribution in [0.2, 0.25) is 10.3 Å². The van der Waals surface area contributed by atoms with Gasteiger partial charge >= 0.3 is 24.2 Å². The van der Waals surface area contributed by atoms with E-state index < -0.39 is 24.2 Å². The Bertz CT molecular complexity index is 1300. The van der Waals surface area contributed by atoms with Gasteiger partial charge in [0.25, 0.3) is 0 Å². The number of pyridine rings is 2. The Balaban J connectivity index is 1.36. The van der Waals surface area contributed by atoms with Crippen molar-refractivity contribution in [1.29, 1.82) is 0 Å². The lowest BCUT2D eigenvalue weighted by Crippen LogP contribution is -2.37. The summed E-state index contributed by atoms with van der Waals surface area (Å²) in [6.07, 6.45) is -5.74. The molecule has 10 nitrogen and oxygen atoms in total. The predicted molar refractivity (Wildman–Crippen MR) is 153 cm³/mol. The van der Waals surface area contributed by atoms with Crippen molar-refractivity contribution in [2.45, 2.75) is 44.7 Å². The molecular weight excluding hydrogens is 653 g/mol. The first-order valence-electron chi connectivity index (χ1n) is 13.8. The van der Waals surface area contributed by atoms with E-state index in [1.807, 2.05) is 0 Å². The van der Waals surface area contributed by atoms with Crippen molar-refractivity contribution in [2.75, 3.05) is 39.3 Å². The summed E-state index contributed by atoms with van der Waals surface area (Å²) in [4.78, 5) is 44.5. The smallest absolute Gasteiger partial charge is 0.341 e. The highest BCUT2D eigenvalue weighted by Crippen LogP contribution is 2.22. The highest BCUT2D eigenvalue weighted by atomic mass is 35.5. The first kappa shape index (κ1) is 34.2. The quantitative estimate of drug-likeness (QED) is 0.201. The highest BCUT2D eigenvalue weighted by molar-refractivity contribution is 6.29. The summed E-state index contributed by atoms with van der Waals surface area (Å²) in [5, 5.41) is 0.516. The van der Waals surface area contributed by atoms with Crippen LogP contribution >= 0.6 is 23.2 Å². The zero-order chi connectivity index (χ0) is 32.8. The molecule has 0 unspecified atom stereocenters.